The van der Waals surface area contributed by atoms with Crippen molar-refractivity contribution in [2.45, 2.75) is 20.8 Å². The van der Waals surface area contributed by atoms with E-state index >= 15 is 0 Å². The molecule has 0 aliphatic rings. The highest BCUT2D eigenvalue weighted by Crippen LogP contribution is 2.09. The van der Waals surface area contributed by atoms with Crippen LogP contribution in [0.5, 0.6) is 0 Å². The highest BCUT2D eigenvalue weighted by molar-refractivity contribution is 6.05. The molecule has 0 atom stereocenters. The number of nitrogens with one attached hydrogen (secondary N) is 2. The number of amides is 2. The van der Waals surface area contributed by atoms with Gasteiger partial charge in [-0.3, -0.25) is 9.59 Å². The molecular formula is C23H29N3O2. The molecule has 0 heterocycles. The van der Waals surface area contributed by atoms with E-state index in [4.69, 9.17) is 0 Å². The number of rotatable bonds is 9. The van der Waals surface area contributed by atoms with Crippen molar-refractivity contribution >= 4 is 17.9 Å². The molecule has 2 N–H and O–H groups in total. The van der Waals surface area contributed by atoms with E-state index in [1.165, 1.54) is 0 Å². The van der Waals surface area contributed by atoms with Gasteiger partial charge in [-0.1, -0.05) is 61.9 Å². The summed E-state index contributed by atoms with van der Waals surface area (Å²) in [5.74, 6) is -0.602. The largest absolute Gasteiger partial charge is 0.349 e. The van der Waals surface area contributed by atoms with Gasteiger partial charge in [-0.15, -0.1) is 0 Å². The maximum atomic E-state index is 12.7. The second kappa shape index (κ2) is 11.0. The average Bonchev–Trinajstić information content (AvgIpc) is 2.72. The molecule has 0 bridgehead atoms. The van der Waals surface area contributed by atoms with Gasteiger partial charge in [0.25, 0.3) is 11.8 Å². The molecule has 2 aromatic carbocycles. The topological polar surface area (TPSA) is 61.4 Å². The van der Waals surface area contributed by atoms with Crippen molar-refractivity contribution in [1.82, 2.24) is 15.5 Å². The number of nitrogens with zero attached hydrogens (tertiary/aromatic N) is 1. The van der Waals surface area contributed by atoms with Crippen molar-refractivity contribution < 1.29 is 9.59 Å². The van der Waals surface area contributed by atoms with E-state index in [1.807, 2.05) is 37.3 Å². The first kappa shape index (κ1) is 21.4. The van der Waals surface area contributed by atoms with Gasteiger partial charge in [0.05, 0.1) is 0 Å². The van der Waals surface area contributed by atoms with Gasteiger partial charge in [-0.2, -0.15) is 0 Å². The summed E-state index contributed by atoms with van der Waals surface area (Å²) < 4.78 is 0. The van der Waals surface area contributed by atoms with Crippen LogP contribution in [0, 0.1) is 6.92 Å². The van der Waals surface area contributed by atoms with Crippen LogP contribution in [-0.2, 0) is 4.79 Å². The molecule has 28 heavy (non-hydrogen) atoms. The zero-order valence-corrected chi connectivity index (χ0v) is 16.9. The van der Waals surface area contributed by atoms with Gasteiger partial charge < -0.3 is 15.5 Å². The standard InChI is InChI=1S/C23H29N3O2/c1-4-26(5-2)16-15-24-23(28)21(17-19-13-11-18(3)12-14-19)25-22(27)20-9-7-6-8-10-20/h6-14,17H,4-5,15-16H2,1-3H3,(H,24,28)(H,25,27). The SMILES string of the molecule is CCN(CC)CCNC(=O)C(=Cc1ccc(C)cc1)NC(=O)c1ccccc1. The monoisotopic (exact) mass is 379 g/mol. The van der Waals surface area contributed by atoms with Crippen molar-refractivity contribution in [2.75, 3.05) is 26.2 Å². The lowest BCUT2D eigenvalue weighted by Gasteiger charge is -2.18. The number of likely N-dealkylation sites (N-methyl/N-ethyl adjacent to an activating group) is 1. The highest BCUT2D eigenvalue weighted by Gasteiger charge is 2.14. The minimum atomic E-state index is -0.308. The van der Waals surface area contributed by atoms with Crippen molar-refractivity contribution in [3.05, 3.63) is 77.0 Å². The third kappa shape index (κ3) is 6.67. The summed E-state index contributed by atoms with van der Waals surface area (Å²) in [5, 5.41) is 5.67. The van der Waals surface area contributed by atoms with Gasteiger partial charge in [0.2, 0.25) is 0 Å². The van der Waals surface area contributed by atoms with E-state index in [-0.39, 0.29) is 17.5 Å². The van der Waals surface area contributed by atoms with Gasteiger partial charge in [0, 0.05) is 18.7 Å². The number of hydrogen-bond acceptors (Lipinski definition) is 3. The molecule has 0 unspecified atom stereocenters. The molecule has 2 rings (SSSR count). The normalized spacial score (nSPS) is 11.4. The second-order valence-corrected chi connectivity index (χ2v) is 6.57. The van der Waals surface area contributed by atoms with Gasteiger partial charge >= 0.3 is 0 Å². The van der Waals surface area contributed by atoms with Crippen LogP contribution in [0.1, 0.15) is 35.3 Å². The van der Waals surface area contributed by atoms with Gasteiger partial charge in [-0.05, 0) is 43.8 Å². The Bertz CT molecular complexity index is 794. The van der Waals surface area contributed by atoms with Crippen LogP contribution in [0.3, 0.4) is 0 Å². The van der Waals surface area contributed by atoms with E-state index in [2.05, 4.69) is 29.4 Å². The van der Waals surface area contributed by atoms with E-state index in [0.717, 1.165) is 30.8 Å². The summed E-state index contributed by atoms with van der Waals surface area (Å²) in [7, 11) is 0. The van der Waals surface area contributed by atoms with Gasteiger partial charge in [-0.25, -0.2) is 0 Å². The van der Waals surface area contributed by atoms with Gasteiger partial charge in [0.1, 0.15) is 5.70 Å². The Labute approximate surface area is 167 Å². The lowest BCUT2D eigenvalue weighted by atomic mass is 10.1. The van der Waals surface area contributed by atoms with Crippen LogP contribution >= 0.6 is 0 Å². The Balaban J connectivity index is 2.14. The maximum absolute atomic E-state index is 12.7. The predicted octanol–water partition coefficient (Wildman–Crippen LogP) is 3.22. The van der Waals surface area contributed by atoms with E-state index in [9.17, 15) is 9.59 Å². The highest BCUT2D eigenvalue weighted by atomic mass is 16.2. The molecule has 0 aliphatic heterocycles. The summed E-state index contributed by atoms with van der Waals surface area (Å²) in [6.45, 7) is 9.34. The van der Waals surface area contributed by atoms with E-state index in [0.29, 0.717) is 12.1 Å². The Morgan fingerprint density at radius 1 is 0.964 bits per heavy atom. The fraction of sp³-hybridized carbons (Fsp3) is 0.304. The lowest BCUT2D eigenvalue weighted by molar-refractivity contribution is -0.117. The van der Waals surface area contributed by atoms with Crippen LogP contribution in [0.4, 0.5) is 0 Å². The Morgan fingerprint density at radius 3 is 2.21 bits per heavy atom. The Hall–Kier alpha value is -2.92. The summed E-state index contributed by atoms with van der Waals surface area (Å²) in [6, 6.07) is 16.7. The van der Waals surface area contributed by atoms with Crippen LogP contribution in [0.15, 0.2) is 60.3 Å². The van der Waals surface area contributed by atoms with Crippen molar-refractivity contribution in [3.63, 3.8) is 0 Å². The summed E-state index contributed by atoms with van der Waals surface area (Å²) in [4.78, 5) is 27.5. The van der Waals surface area contributed by atoms with Crippen LogP contribution in [0.25, 0.3) is 6.08 Å². The average molecular weight is 380 g/mol. The quantitative estimate of drug-likeness (QED) is 0.658. The molecule has 5 nitrogen and oxygen atoms in total. The molecule has 2 aromatic rings. The molecule has 2 amide bonds. The van der Waals surface area contributed by atoms with Crippen LogP contribution in [-0.4, -0.2) is 42.9 Å². The zero-order valence-electron chi connectivity index (χ0n) is 16.9. The lowest BCUT2D eigenvalue weighted by Crippen LogP contribution is -2.39. The molecule has 0 saturated heterocycles. The molecule has 5 heteroatoms. The summed E-state index contributed by atoms with van der Waals surface area (Å²) >= 11 is 0. The second-order valence-electron chi connectivity index (χ2n) is 6.57. The molecule has 0 radical (unpaired) electrons. The number of aryl methyl sites for hydroxylation is 1. The number of benzene rings is 2. The minimum absolute atomic E-state index is 0.234. The molecule has 0 spiro atoms. The minimum Gasteiger partial charge on any atom is -0.349 e. The third-order valence-electron chi connectivity index (χ3n) is 4.53. The van der Waals surface area contributed by atoms with Crippen molar-refractivity contribution in [3.8, 4) is 0 Å². The smallest absolute Gasteiger partial charge is 0.267 e. The third-order valence-corrected chi connectivity index (χ3v) is 4.53. The Kier molecular flexibility index (Phi) is 8.43. The first-order valence-electron chi connectivity index (χ1n) is 9.68. The summed E-state index contributed by atoms with van der Waals surface area (Å²) in [6.07, 6.45) is 1.70. The first-order chi connectivity index (χ1) is 13.5. The predicted molar refractivity (Wildman–Crippen MR) is 114 cm³/mol. The van der Waals surface area contributed by atoms with E-state index in [1.54, 1.807) is 30.3 Å². The molecule has 0 aromatic heterocycles. The van der Waals surface area contributed by atoms with Crippen LogP contribution in [0.2, 0.25) is 0 Å². The van der Waals surface area contributed by atoms with Crippen molar-refractivity contribution in [2.24, 2.45) is 0 Å². The number of carbonyl (C=O) groups excluding carboxylic acids is 2. The Morgan fingerprint density at radius 2 is 1.61 bits per heavy atom. The molecule has 0 fully saturated rings. The molecule has 148 valence electrons. The van der Waals surface area contributed by atoms with Crippen LogP contribution < -0.4 is 10.6 Å². The molecule has 0 aliphatic carbocycles. The first-order valence-corrected chi connectivity index (χ1v) is 9.68. The number of hydrogen-bond donors (Lipinski definition) is 2. The fourth-order valence-electron chi connectivity index (χ4n) is 2.73. The summed E-state index contributed by atoms with van der Waals surface area (Å²) in [5.41, 5.74) is 2.73. The fourth-order valence-corrected chi connectivity index (χ4v) is 2.73. The maximum Gasteiger partial charge on any atom is 0.267 e. The number of carbonyl (C=O) groups is 2. The van der Waals surface area contributed by atoms with Crippen molar-refractivity contribution in [1.29, 1.82) is 0 Å². The molecular weight excluding hydrogens is 350 g/mol. The van der Waals surface area contributed by atoms with Gasteiger partial charge in [0.15, 0.2) is 0 Å². The molecule has 0 saturated carbocycles. The van der Waals surface area contributed by atoms with E-state index < -0.39 is 0 Å². The zero-order chi connectivity index (χ0) is 20.4.